The van der Waals surface area contributed by atoms with Gasteiger partial charge in [0, 0.05) is 0 Å². The molecule has 4 nitrogen and oxygen atoms in total. The van der Waals surface area contributed by atoms with Crippen LogP contribution in [-0.2, 0) is 9.59 Å². The third kappa shape index (κ3) is 4.13. The Labute approximate surface area is 111 Å². The van der Waals surface area contributed by atoms with E-state index >= 15 is 0 Å². The molecule has 0 aliphatic heterocycles. The van der Waals surface area contributed by atoms with E-state index in [4.69, 9.17) is 11.6 Å². The second-order valence-electron chi connectivity index (χ2n) is 3.60. The fourth-order valence-electron chi connectivity index (χ4n) is 1.12. The van der Waals surface area contributed by atoms with Gasteiger partial charge in [-0.3, -0.25) is 9.59 Å². The third-order valence-electron chi connectivity index (χ3n) is 2.09. The number of alkyl halides is 1. The van der Waals surface area contributed by atoms with Crippen molar-refractivity contribution in [3.8, 4) is 0 Å². The Morgan fingerprint density at radius 2 is 1.89 bits per heavy atom. The predicted molar refractivity (Wildman–Crippen MR) is 63.3 cm³/mol. The minimum Gasteiger partial charge on any atom is -0.346 e. The summed E-state index contributed by atoms with van der Waals surface area (Å²) in [6.45, 7) is 0.943. The number of amides is 2. The molecule has 0 radical (unpaired) electrons. The van der Waals surface area contributed by atoms with Gasteiger partial charge in [0.25, 0.3) is 0 Å². The van der Waals surface area contributed by atoms with Crippen LogP contribution in [0.15, 0.2) is 12.1 Å². The van der Waals surface area contributed by atoms with Crippen LogP contribution in [0.5, 0.6) is 0 Å². The van der Waals surface area contributed by atoms with E-state index in [9.17, 15) is 22.8 Å². The lowest BCUT2D eigenvalue weighted by Crippen LogP contribution is -2.36. The van der Waals surface area contributed by atoms with Gasteiger partial charge in [-0.15, -0.1) is 11.6 Å². The Kier molecular flexibility index (Phi) is 5.17. The summed E-state index contributed by atoms with van der Waals surface area (Å²) in [6, 6.07) is 1.55. The van der Waals surface area contributed by atoms with Gasteiger partial charge in [0.2, 0.25) is 11.8 Å². The molecule has 0 aliphatic rings. The molecule has 1 aromatic rings. The lowest BCUT2D eigenvalue weighted by molar-refractivity contribution is -0.123. The average Bonchev–Trinajstić information content (AvgIpc) is 2.36. The van der Waals surface area contributed by atoms with E-state index in [2.05, 4.69) is 5.32 Å². The van der Waals surface area contributed by atoms with Gasteiger partial charge >= 0.3 is 0 Å². The first-order valence-electron chi connectivity index (χ1n) is 5.18. The molecular formula is C11H10ClF3N2O2. The number of carbonyl (C=O) groups excluding carboxylic acids is 2. The van der Waals surface area contributed by atoms with E-state index in [1.54, 1.807) is 0 Å². The van der Waals surface area contributed by atoms with Crippen LogP contribution in [0.25, 0.3) is 0 Å². The number of benzene rings is 1. The van der Waals surface area contributed by atoms with Gasteiger partial charge in [-0.05, 0) is 19.1 Å². The smallest absolute Gasteiger partial charge is 0.243 e. The Hall–Kier alpha value is -1.76. The summed E-state index contributed by atoms with van der Waals surface area (Å²) >= 11 is 5.44. The number of rotatable bonds is 4. The molecule has 1 unspecified atom stereocenters. The minimum atomic E-state index is -1.68. The van der Waals surface area contributed by atoms with E-state index in [-0.39, 0.29) is 0 Å². The number of carbonyl (C=O) groups is 2. The van der Waals surface area contributed by atoms with Crippen molar-refractivity contribution in [3.63, 3.8) is 0 Å². The van der Waals surface area contributed by atoms with E-state index in [0.29, 0.717) is 6.07 Å². The Bertz CT molecular complexity index is 509. The molecule has 104 valence electrons. The molecule has 0 saturated heterocycles. The summed E-state index contributed by atoms with van der Waals surface area (Å²) < 4.78 is 38.7. The average molecular weight is 295 g/mol. The van der Waals surface area contributed by atoms with Gasteiger partial charge in [0.15, 0.2) is 17.5 Å². The fourth-order valence-corrected chi connectivity index (χ4v) is 1.20. The molecule has 0 aliphatic carbocycles. The van der Waals surface area contributed by atoms with Crippen molar-refractivity contribution >= 4 is 29.1 Å². The highest BCUT2D eigenvalue weighted by Crippen LogP contribution is 2.19. The van der Waals surface area contributed by atoms with Crippen molar-refractivity contribution in [1.82, 2.24) is 5.32 Å². The molecule has 0 aromatic heterocycles. The van der Waals surface area contributed by atoms with Crippen LogP contribution in [-0.4, -0.2) is 23.7 Å². The normalized spacial score (nSPS) is 11.8. The Morgan fingerprint density at radius 1 is 1.26 bits per heavy atom. The number of hydrogen-bond donors (Lipinski definition) is 2. The highest BCUT2D eigenvalue weighted by Gasteiger charge is 2.16. The fraction of sp³-hybridized carbons (Fsp3) is 0.273. The molecule has 0 spiro atoms. The van der Waals surface area contributed by atoms with Gasteiger partial charge in [-0.2, -0.15) is 0 Å². The van der Waals surface area contributed by atoms with Crippen molar-refractivity contribution < 1.29 is 22.8 Å². The molecule has 0 heterocycles. The summed E-state index contributed by atoms with van der Waals surface area (Å²) in [7, 11) is 0. The second-order valence-corrected chi connectivity index (χ2v) is 4.26. The topological polar surface area (TPSA) is 58.2 Å². The van der Waals surface area contributed by atoms with Crippen LogP contribution < -0.4 is 10.6 Å². The quantitative estimate of drug-likeness (QED) is 0.657. The summed E-state index contributed by atoms with van der Waals surface area (Å²) in [4.78, 5) is 22.4. The minimum absolute atomic E-state index is 0.464. The standard InChI is InChI=1S/C11H10ClF3N2O2/c1-5(12)11(19)16-4-8(18)17-7-3-2-6(13)9(14)10(7)15/h2-3,5H,4H2,1H3,(H,16,19)(H,17,18). The van der Waals surface area contributed by atoms with Crippen LogP contribution in [0.4, 0.5) is 18.9 Å². The first-order chi connectivity index (χ1) is 8.82. The highest BCUT2D eigenvalue weighted by molar-refractivity contribution is 6.30. The van der Waals surface area contributed by atoms with Crippen molar-refractivity contribution in [2.75, 3.05) is 11.9 Å². The molecule has 0 bridgehead atoms. The first kappa shape index (κ1) is 15.3. The maximum Gasteiger partial charge on any atom is 0.243 e. The van der Waals surface area contributed by atoms with Crippen molar-refractivity contribution in [2.24, 2.45) is 0 Å². The van der Waals surface area contributed by atoms with Gasteiger partial charge in [0.05, 0.1) is 12.2 Å². The van der Waals surface area contributed by atoms with Crippen LogP contribution in [0.2, 0.25) is 0 Å². The van der Waals surface area contributed by atoms with Crippen LogP contribution in [0.3, 0.4) is 0 Å². The van der Waals surface area contributed by atoms with E-state index < -0.39 is 46.9 Å². The lowest BCUT2D eigenvalue weighted by atomic mass is 10.2. The molecule has 8 heteroatoms. The summed E-state index contributed by atoms with van der Waals surface area (Å²) in [5.74, 6) is -5.93. The largest absolute Gasteiger partial charge is 0.346 e. The van der Waals surface area contributed by atoms with Crippen LogP contribution >= 0.6 is 11.6 Å². The second kappa shape index (κ2) is 6.42. The van der Waals surface area contributed by atoms with E-state index in [0.717, 1.165) is 6.07 Å². The molecule has 0 saturated carbocycles. The molecule has 1 rings (SSSR count). The zero-order valence-electron chi connectivity index (χ0n) is 9.77. The van der Waals surface area contributed by atoms with E-state index in [1.165, 1.54) is 6.92 Å². The Balaban J connectivity index is 2.63. The summed E-state index contributed by atoms with van der Waals surface area (Å²) in [6.07, 6.45) is 0. The van der Waals surface area contributed by atoms with Crippen molar-refractivity contribution in [2.45, 2.75) is 12.3 Å². The lowest BCUT2D eigenvalue weighted by Gasteiger charge is -2.09. The number of anilines is 1. The number of hydrogen-bond acceptors (Lipinski definition) is 2. The molecular weight excluding hydrogens is 285 g/mol. The zero-order valence-corrected chi connectivity index (χ0v) is 10.5. The summed E-state index contributed by atoms with van der Waals surface area (Å²) in [5.41, 5.74) is -0.517. The SMILES string of the molecule is CC(Cl)C(=O)NCC(=O)Nc1ccc(F)c(F)c1F. The molecule has 0 fully saturated rings. The van der Waals surface area contributed by atoms with Crippen molar-refractivity contribution in [3.05, 3.63) is 29.6 Å². The molecule has 2 amide bonds. The van der Waals surface area contributed by atoms with Gasteiger partial charge in [-0.25, -0.2) is 13.2 Å². The van der Waals surface area contributed by atoms with Crippen LogP contribution in [0.1, 0.15) is 6.92 Å². The van der Waals surface area contributed by atoms with Gasteiger partial charge < -0.3 is 10.6 Å². The maximum absolute atomic E-state index is 13.2. The maximum atomic E-state index is 13.2. The van der Waals surface area contributed by atoms with Gasteiger partial charge in [0.1, 0.15) is 5.38 Å². The zero-order chi connectivity index (χ0) is 14.6. The van der Waals surface area contributed by atoms with E-state index in [1.807, 2.05) is 5.32 Å². The van der Waals surface area contributed by atoms with Gasteiger partial charge in [-0.1, -0.05) is 0 Å². The number of halogens is 4. The highest BCUT2D eigenvalue weighted by atomic mass is 35.5. The number of nitrogens with one attached hydrogen (secondary N) is 2. The first-order valence-corrected chi connectivity index (χ1v) is 5.61. The third-order valence-corrected chi connectivity index (χ3v) is 2.29. The molecule has 19 heavy (non-hydrogen) atoms. The molecule has 1 atom stereocenters. The molecule has 2 N–H and O–H groups in total. The molecule has 1 aromatic carbocycles. The summed E-state index contributed by atoms with van der Waals surface area (Å²) in [5, 5.41) is 3.34. The monoisotopic (exact) mass is 294 g/mol. The van der Waals surface area contributed by atoms with Crippen molar-refractivity contribution in [1.29, 1.82) is 0 Å². The van der Waals surface area contributed by atoms with Crippen LogP contribution in [0, 0.1) is 17.5 Å². The predicted octanol–water partition coefficient (Wildman–Crippen LogP) is 1.79. The Morgan fingerprint density at radius 3 is 2.47 bits per heavy atom.